The number of esters is 2. The summed E-state index contributed by atoms with van der Waals surface area (Å²) >= 11 is 0. The highest BCUT2D eigenvalue weighted by Gasteiger charge is 2.50. The Morgan fingerprint density at radius 1 is 1.28 bits per heavy atom. The summed E-state index contributed by atoms with van der Waals surface area (Å²) in [5.74, 6) is -1.81. The molecule has 1 aliphatic rings. The molecule has 6 heteroatoms. The van der Waals surface area contributed by atoms with E-state index in [0.29, 0.717) is 0 Å². The molecule has 1 aliphatic heterocycles. The number of ether oxygens (including phenoxy) is 3. The van der Waals surface area contributed by atoms with Crippen molar-refractivity contribution in [2.24, 2.45) is 0 Å². The maximum absolute atomic E-state index is 11.8. The molecule has 0 aromatic rings. The Morgan fingerprint density at radius 2 is 1.78 bits per heavy atom. The first-order valence-electron chi connectivity index (χ1n) is 5.84. The number of carbonyl (C=O) groups excluding carboxylic acids is 2. The molecule has 18 heavy (non-hydrogen) atoms. The Balaban J connectivity index is 3.16. The first-order valence-corrected chi connectivity index (χ1v) is 5.84. The molecule has 0 aromatic heterocycles. The second-order valence-corrected chi connectivity index (χ2v) is 4.05. The van der Waals surface area contributed by atoms with Crippen molar-refractivity contribution in [1.29, 1.82) is 0 Å². The zero-order valence-corrected chi connectivity index (χ0v) is 11.0. The largest absolute Gasteiger partial charge is 0.480 e. The lowest BCUT2D eigenvalue weighted by Crippen LogP contribution is -2.38. The maximum atomic E-state index is 11.8. The van der Waals surface area contributed by atoms with Crippen LogP contribution in [0.25, 0.3) is 0 Å². The van der Waals surface area contributed by atoms with Crippen LogP contribution in [0.4, 0.5) is 0 Å². The van der Waals surface area contributed by atoms with Gasteiger partial charge in [0.05, 0.1) is 13.2 Å². The van der Waals surface area contributed by atoms with Crippen LogP contribution in [0.1, 0.15) is 27.7 Å². The van der Waals surface area contributed by atoms with Gasteiger partial charge < -0.3 is 19.3 Å². The van der Waals surface area contributed by atoms with Crippen molar-refractivity contribution in [3.63, 3.8) is 0 Å². The predicted molar refractivity (Wildman–Crippen MR) is 61.5 cm³/mol. The van der Waals surface area contributed by atoms with E-state index in [2.05, 4.69) is 0 Å². The molecule has 0 bridgehead atoms. The van der Waals surface area contributed by atoms with Gasteiger partial charge in [-0.2, -0.15) is 0 Å². The standard InChI is InChI=1S/C12H18O6/c1-5-16-10(13)8-9(11(14)17-6-2)18-7(3)12(8,4)15/h7,15H,5-6H2,1-4H3. The Labute approximate surface area is 106 Å². The third-order valence-electron chi connectivity index (χ3n) is 2.76. The molecule has 0 saturated carbocycles. The van der Waals surface area contributed by atoms with Gasteiger partial charge in [0.15, 0.2) is 0 Å². The van der Waals surface area contributed by atoms with Gasteiger partial charge in [0.2, 0.25) is 5.76 Å². The highest BCUT2D eigenvalue weighted by Crippen LogP contribution is 2.36. The molecule has 0 spiro atoms. The first-order chi connectivity index (χ1) is 8.36. The first kappa shape index (κ1) is 14.5. The summed E-state index contributed by atoms with van der Waals surface area (Å²) in [6.07, 6.45) is -0.726. The summed E-state index contributed by atoms with van der Waals surface area (Å²) in [6.45, 7) is 6.53. The van der Waals surface area contributed by atoms with Gasteiger partial charge in [-0.25, -0.2) is 9.59 Å². The fraction of sp³-hybridized carbons (Fsp3) is 0.667. The van der Waals surface area contributed by atoms with Gasteiger partial charge in [0.25, 0.3) is 0 Å². The number of rotatable bonds is 4. The molecule has 2 unspecified atom stereocenters. The highest BCUT2D eigenvalue weighted by atomic mass is 16.6. The van der Waals surface area contributed by atoms with Gasteiger partial charge in [0.1, 0.15) is 17.3 Å². The van der Waals surface area contributed by atoms with Crippen LogP contribution in [-0.2, 0) is 23.8 Å². The van der Waals surface area contributed by atoms with E-state index < -0.39 is 23.6 Å². The zero-order valence-electron chi connectivity index (χ0n) is 11.0. The van der Waals surface area contributed by atoms with E-state index in [9.17, 15) is 14.7 Å². The molecule has 0 amide bonds. The quantitative estimate of drug-likeness (QED) is 0.741. The lowest BCUT2D eigenvalue weighted by molar-refractivity contribution is -0.144. The van der Waals surface area contributed by atoms with Crippen molar-refractivity contribution in [1.82, 2.24) is 0 Å². The minimum atomic E-state index is -1.58. The highest BCUT2D eigenvalue weighted by molar-refractivity contribution is 6.01. The van der Waals surface area contributed by atoms with Crippen molar-refractivity contribution in [2.75, 3.05) is 13.2 Å². The van der Waals surface area contributed by atoms with Crippen molar-refractivity contribution in [2.45, 2.75) is 39.4 Å². The van der Waals surface area contributed by atoms with E-state index in [1.807, 2.05) is 0 Å². The summed E-state index contributed by atoms with van der Waals surface area (Å²) in [4.78, 5) is 23.5. The van der Waals surface area contributed by atoms with Crippen LogP contribution in [0.2, 0.25) is 0 Å². The van der Waals surface area contributed by atoms with Crippen LogP contribution >= 0.6 is 0 Å². The molecular formula is C12H18O6. The second kappa shape index (κ2) is 5.39. The molecule has 2 atom stereocenters. The molecule has 0 aromatic carbocycles. The van der Waals surface area contributed by atoms with Crippen LogP contribution in [0.15, 0.2) is 11.3 Å². The second-order valence-electron chi connectivity index (χ2n) is 4.05. The predicted octanol–water partition coefficient (Wildman–Crippen LogP) is 0.536. The number of carbonyl (C=O) groups is 2. The summed E-state index contributed by atoms with van der Waals surface area (Å²) in [5, 5.41) is 10.2. The number of aliphatic hydroxyl groups is 1. The smallest absolute Gasteiger partial charge is 0.374 e. The Hall–Kier alpha value is -1.56. The molecule has 0 aliphatic carbocycles. The summed E-state index contributed by atoms with van der Waals surface area (Å²) in [5.41, 5.74) is -1.76. The molecular weight excluding hydrogens is 240 g/mol. The van der Waals surface area contributed by atoms with Crippen molar-refractivity contribution >= 4 is 11.9 Å². The van der Waals surface area contributed by atoms with E-state index in [4.69, 9.17) is 14.2 Å². The topological polar surface area (TPSA) is 82.1 Å². The van der Waals surface area contributed by atoms with Gasteiger partial charge in [-0.3, -0.25) is 0 Å². The Morgan fingerprint density at radius 3 is 2.28 bits per heavy atom. The normalized spacial score (nSPS) is 26.8. The maximum Gasteiger partial charge on any atom is 0.374 e. The van der Waals surface area contributed by atoms with Crippen molar-refractivity contribution in [3.8, 4) is 0 Å². The minimum Gasteiger partial charge on any atom is -0.480 e. The van der Waals surface area contributed by atoms with E-state index in [1.165, 1.54) is 6.92 Å². The molecule has 0 fully saturated rings. The average molecular weight is 258 g/mol. The number of hydrogen-bond acceptors (Lipinski definition) is 6. The Bertz CT molecular complexity index is 382. The molecule has 1 heterocycles. The Kier molecular flexibility index (Phi) is 4.34. The van der Waals surface area contributed by atoms with Crippen LogP contribution in [0, 0.1) is 0 Å². The van der Waals surface area contributed by atoms with E-state index in [1.54, 1.807) is 20.8 Å². The lowest BCUT2D eigenvalue weighted by Gasteiger charge is -2.22. The van der Waals surface area contributed by atoms with Gasteiger partial charge in [-0.1, -0.05) is 0 Å². The summed E-state index contributed by atoms with van der Waals surface area (Å²) in [7, 11) is 0. The van der Waals surface area contributed by atoms with Gasteiger partial charge in [-0.05, 0) is 27.7 Å². The zero-order chi connectivity index (χ0) is 13.9. The lowest BCUT2D eigenvalue weighted by atomic mass is 9.92. The average Bonchev–Trinajstić information content (AvgIpc) is 2.51. The fourth-order valence-electron chi connectivity index (χ4n) is 1.63. The molecule has 0 saturated heterocycles. The van der Waals surface area contributed by atoms with E-state index >= 15 is 0 Å². The number of hydrogen-bond donors (Lipinski definition) is 1. The minimum absolute atomic E-state index is 0.142. The molecule has 102 valence electrons. The monoisotopic (exact) mass is 258 g/mol. The molecule has 1 N–H and O–H groups in total. The van der Waals surface area contributed by atoms with Crippen LogP contribution in [0.5, 0.6) is 0 Å². The molecule has 1 rings (SSSR count). The van der Waals surface area contributed by atoms with Gasteiger partial charge >= 0.3 is 11.9 Å². The SMILES string of the molecule is CCOC(=O)C1=C(C(=O)OCC)C(C)(O)C(C)O1. The van der Waals surface area contributed by atoms with E-state index in [0.717, 1.165) is 0 Å². The fourth-order valence-corrected chi connectivity index (χ4v) is 1.63. The van der Waals surface area contributed by atoms with Crippen LogP contribution in [-0.4, -0.2) is 42.0 Å². The molecule has 0 radical (unpaired) electrons. The van der Waals surface area contributed by atoms with Gasteiger partial charge in [-0.15, -0.1) is 0 Å². The van der Waals surface area contributed by atoms with Crippen molar-refractivity contribution in [3.05, 3.63) is 11.3 Å². The van der Waals surface area contributed by atoms with Crippen LogP contribution < -0.4 is 0 Å². The van der Waals surface area contributed by atoms with E-state index in [-0.39, 0.29) is 24.5 Å². The third kappa shape index (κ3) is 2.48. The van der Waals surface area contributed by atoms with Gasteiger partial charge in [0, 0.05) is 0 Å². The summed E-state index contributed by atoms with van der Waals surface area (Å²) in [6, 6.07) is 0. The van der Waals surface area contributed by atoms with Crippen molar-refractivity contribution < 1.29 is 28.9 Å². The summed E-state index contributed by atoms with van der Waals surface area (Å²) < 4.78 is 14.8. The third-order valence-corrected chi connectivity index (χ3v) is 2.76. The molecule has 6 nitrogen and oxygen atoms in total. The van der Waals surface area contributed by atoms with Crippen LogP contribution in [0.3, 0.4) is 0 Å².